The first kappa shape index (κ1) is 18.8. The molecule has 1 aromatic heterocycles. The molecule has 1 aliphatic carbocycles. The van der Waals surface area contributed by atoms with Crippen LogP contribution in [0.4, 0.5) is 5.88 Å². The second kappa shape index (κ2) is 7.24. The number of oxazole rings is 1. The zero-order valence-corrected chi connectivity index (χ0v) is 17.1. The number of nitrogens with one attached hydrogen (secondary N) is 1. The van der Waals surface area contributed by atoms with Crippen molar-refractivity contribution in [2.75, 3.05) is 25.6 Å². The fourth-order valence-electron chi connectivity index (χ4n) is 3.15. The van der Waals surface area contributed by atoms with Crippen molar-refractivity contribution in [1.29, 1.82) is 0 Å². The van der Waals surface area contributed by atoms with Gasteiger partial charge in [0, 0.05) is 17.7 Å². The molecule has 9 heteroatoms. The molecule has 2 heterocycles. The van der Waals surface area contributed by atoms with E-state index >= 15 is 0 Å². The van der Waals surface area contributed by atoms with E-state index in [0.717, 1.165) is 12.8 Å². The van der Waals surface area contributed by atoms with Gasteiger partial charge in [0.15, 0.2) is 11.5 Å². The van der Waals surface area contributed by atoms with Crippen LogP contribution in [0.25, 0.3) is 11.5 Å². The van der Waals surface area contributed by atoms with Gasteiger partial charge in [-0.3, -0.25) is 0 Å². The second-order valence-corrected chi connectivity index (χ2v) is 8.97. The predicted octanol–water partition coefficient (Wildman–Crippen LogP) is 3.53. The molecular weight excluding hydrogens is 408 g/mol. The van der Waals surface area contributed by atoms with Crippen molar-refractivity contribution in [3.8, 4) is 28.7 Å². The van der Waals surface area contributed by atoms with Crippen LogP contribution in [0, 0.1) is 0 Å². The predicted molar refractivity (Wildman–Crippen MR) is 108 cm³/mol. The van der Waals surface area contributed by atoms with Gasteiger partial charge < -0.3 is 23.9 Å². The molecule has 1 N–H and O–H groups in total. The fourth-order valence-corrected chi connectivity index (χ4v) is 4.43. The summed E-state index contributed by atoms with van der Waals surface area (Å²) in [7, 11) is -2.37. The summed E-state index contributed by atoms with van der Waals surface area (Å²) in [6.45, 7) is 0.805. The van der Waals surface area contributed by atoms with Gasteiger partial charge in [0.1, 0.15) is 19.0 Å². The highest BCUT2D eigenvalue weighted by molar-refractivity contribution is 7.91. The van der Waals surface area contributed by atoms with Crippen molar-refractivity contribution in [1.82, 2.24) is 4.98 Å². The van der Waals surface area contributed by atoms with E-state index < -0.39 is 9.84 Å². The summed E-state index contributed by atoms with van der Waals surface area (Å²) in [6, 6.07) is 11.8. The van der Waals surface area contributed by atoms with Crippen molar-refractivity contribution >= 4 is 15.7 Å². The molecule has 8 nitrogen and oxygen atoms in total. The number of hydrogen-bond donors (Lipinski definition) is 1. The van der Waals surface area contributed by atoms with E-state index in [4.69, 9.17) is 18.6 Å². The molecular formula is C21H20N2O6S. The van der Waals surface area contributed by atoms with E-state index in [1.807, 2.05) is 0 Å². The molecule has 0 saturated heterocycles. The van der Waals surface area contributed by atoms with Gasteiger partial charge in [0.2, 0.25) is 26.6 Å². The van der Waals surface area contributed by atoms with E-state index in [1.54, 1.807) is 37.4 Å². The number of sulfone groups is 1. The number of rotatable bonds is 6. The van der Waals surface area contributed by atoms with Crippen LogP contribution in [0.5, 0.6) is 17.2 Å². The van der Waals surface area contributed by atoms with Gasteiger partial charge in [-0.2, -0.15) is 4.98 Å². The summed E-state index contributed by atoms with van der Waals surface area (Å²) in [4.78, 5) is 4.42. The van der Waals surface area contributed by atoms with E-state index in [0.29, 0.717) is 36.0 Å². The Morgan fingerprint density at radius 1 is 1.03 bits per heavy atom. The van der Waals surface area contributed by atoms with Gasteiger partial charge in [-0.05, 0) is 49.2 Å². The average molecular weight is 428 g/mol. The summed E-state index contributed by atoms with van der Waals surface area (Å²) >= 11 is 0. The Morgan fingerprint density at radius 3 is 2.47 bits per heavy atom. The van der Waals surface area contributed by atoms with Gasteiger partial charge in [0.25, 0.3) is 0 Å². The maximum absolute atomic E-state index is 13.4. The third kappa shape index (κ3) is 3.45. The van der Waals surface area contributed by atoms with Crippen LogP contribution in [-0.4, -0.2) is 39.8 Å². The highest BCUT2D eigenvalue weighted by Crippen LogP contribution is 2.38. The molecule has 1 aliphatic heterocycles. The largest absolute Gasteiger partial charge is 0.497 e. The van der Waals surface area contributed by atoms with Gasteiger partial charge in [0.05, 0.1) is 12.0 Å². The van der Waals surface area contributed by atoms with Crippen molar-refractivity contribution < 1.29 is 27.0 Å². The summed E-state index contributed by atoms with van der Waals surface area (Å²) in [5.74, 6) is 1.98. The number of aromatic nitrogens is 1. The standard InChI is InChI=1S/C21H20N2O6S/c1-26-15-6-2-13(3-7-15)19-23-21(20(29-19)22-14-4-5-14)30(24,25)16-8-9-17-18(12-16)28-11-10-27-17/h2-3,6-9,12,14,22H,4-5,10-11H2,1H3. The van der Waals surface area contributed by atoms with Crippen LogP contribution in [0.3, 0.4) is 0 Å². The van der Waals surface area contributed by atoms with Crippen LogP contribution >= 0.6 is 0 Å². The maximum atomic E-state index is 13.4. The normalized spacial score (nSPS) is 15.6. The maximum Gasteiger partial charge on any atom is 0.234 e. The lowest BCUT2D eigenvalue weighted by atomic mass is 10.2. The van der Waals surface area contributed by atoms with Crippen LogP contribution in [0.2, 0.25) is 0 Å². The molecule has 0 bridgehead atoms. The molecule has 156 valence electrons. The summed E-state index contributed by atoms with van der Waals surface area (Å²) in [6.07, 6.45) is 1.92. The van der Waals surface area contributed by atoms with Crippen LogP contribution in [-0.2, 0) is 9.84 Å². The number of fused-ring (bicyclic) bond motifs is 1. The Bertz CT molecular complexity index is 1180. The topological polar surface area (TPSA) is 99.9 Å². The molecule has 0 amide bonds. The number of hydrogen-bond acceptors (Lipinski definition) is 8. The van der Waals surface area contributed by atoms with Crippen molar-refractivity contribution in [2.45, 2.75) is 28.8 Å². The number of methoxy groups -OCH3 is 1. The molecule has 5 rings (SSSR count). The first-order valence-corrected chi connectivity index (χ1v) is 11.1. The minimum absolute atomic E-state index is 0.0696. The molecule has 0 atom stereocenters. The Morgan fingerprint density at radius 2 is 1.77 bits per heavy atom. The van der Waals surface area contributed by atoms with Gasteiger partial charge in [-0.15, -0.1) is 0 Å². The summed E-state index contributed by atoms with van der Waals surface area (Å²) < 4.78 is 48.9. The van der Waals surface area contributed by atoms with Crippen LogP contribution in [0.15, 0.2) is 56.8 Å². The highest BCUT2D eigenvalue weighted by atomic mass is 32.2. The SMILES string of the molecule is COc1ccc(-c2nc(S(=O)(=O)c3ccc4c(c3)OCCO4)c(NC3CC3)o2)cc1. The van der Waals surface area contributed by atoms with Crippen molar-refractivity contribution in [3.05, 3.63) is 42.5 Å². The van der Waals surface area contributed by atoms with Gasteiger partial charge in [-0.1, -0.05) is 0 Å². The lowest BCUT2D eigenvalue weighted by molar-refractivity contribution is 0.171. The van der Waals surface area contributed by atoms with Crippen molar-refractivity contribution in [3.63, 3.8) is 0 Å². The van der Waals surface area contributed by atoms with E-state index in [1.165, 1.54) is 12.1 Å². The first-order valence-electron chi connectivity index (χ1n) is 9.61. The summed E-state index contributed by atoms with van der Waals surface area (Å²) in [5, 5.41) is 3.00. The van der Waals surface area contributed by atoms with E-state index in [9.17, 15) is 8.42 Å². The Labute approximate surface area is 173 Å². The molecule has 2 aliphatic rings. The number of ether oxygens (including phenoxy) is 3. The van der Waals surface area contributed by atoms with Crippen molar-refractivity contribution in [2.24, 2.45) is 0 Å². The van der Waals surface area contributed by atoms with E-state index in [-0.39, 0.29) is 27.7 Å². The minimum Gasteiger partial charge on any atom is -0.497 e. The quantitative estimate of drug-likeness (QED) is 0.637. The molecule has 3 aromatic rings. The third-order valence-corrected chi connectivity index (χ3v) is 6.58. The molecule has 0 unspecified atom stereocenters. The third-order valence-electron chi connectivity index (χ3n) is 4.92. The molecule has 1 fully saturated rings. The molecule has 1 saturated carbocycles. The minimum atomic E-state index is -3.95. The van der Waals surface area contributed by atoms with Gasteiger partial charge >= 0.3 is 0 Å². The van der Waals surface area contributed by atoms with Crippen LogP contribution < -0.4 is 19.5 Å². The Kier molecular flexibility index (Phi) is 4.54. The monoisotopic (exact) mass is 428 g/mol. The molecule has 0 radical (unpaired) electrons. The molecule has 2 aromatic carbocycles. The van der Waals surface area contributed by atoms with Gasteiger partial charge in [-0.25, -0.2) is 8.42 Å². The lowest BCUT2D eigenvalue weighted by Gasteiger charge is -2.18. The average Bonchev–Trinajstić information content (AvgIpc) is 3.49. The zero-order chi connectivity index (χ0) is 20.7. The second-order valence-electron chi connectivity index (χ2n) is 7.11. The highest BCUT2D eigenvalue weighted by Gasteiger charge is 2.33. The molecule has 0 spiro atoms. The molecule has 30 heavy (non-hydrogen) atoms. The Balaban J connectivity index is 1.56. The number of anilines is 1. The summed E-state index contributed by atoms with van der Waals surface area (Å²) in [5.41, 5.74) is 0.651. The lowest BCUT2D eigenvalue weighted by Crippen LogP contribution is -2.16. The number of nitrogens with zero attached hydrogens (tertiary/aromatic N) is 1. The smallest absolute Gasteiger partial charge is 0.234 e. The van der Waals surface area contributed by atoms with E-state index in [2.05, 4.69) is 10.3 Å². The Hall–Kier alpha value is -3.20. The fraction of sp³-hybridized carbons (Fsp3) is 0.286. The van der Waals surface area contributed by atoms with Crippen LogP contribution in [0.1, 0.15) is 12.8 Å². The first-order chi connectivity index (χ1) is 14.5. The number of benzene rings is 2. The zero-order valence-electron chi connectivity index (χ0n) is 16.3.